The average molecular weight is 277 g/mol. The Morgan fingerprint density at radius 1 is 1.00 bits per heavy atom. The molecule has 1 aromatic heterocycles. The number of methoxy groups -OCH3 is 1. The minimum atomic E-state index is 0.721. The maximum Gasteiger partial charge on any atom is 0.146 e. The smallest absolute Gasteiger partial charge is 0.146 e. The second-order valence-corrected chi connectivity index (χ2v) is 4.53. The number of fused-ring (bicyclic) bond motifs is 1. The molecule has 4 heteroatoms. The number of hydrogen-bond donors (Lipinski definition) is 1. The van der Waals surface area contributed by atoms with Crippen LogP contribution in [0.3, 0.4) is 0 Å². The highest BCUT2D eigenvalue weighted by molar-refractivity contribution is 5.81. The van der Waals surface area contributed by atoms with Crippen LogP contribution in [0.4, 0.5) is 5.82 Å². The van der Waals surface area contributed by atoms with Crippen molar-refractivity contribution in [1.82, 2.24) is 4.98 Å². The van der Waals surface area contributed by atoms with Gasteiger partial charge in [0.25, 0.3) is 0 Å². The summed E-state index contributed by atoms with van der Waals surface area (Å²) in [4.78, 5) is 4.49. The molecule has 0 aliphatic carbocycles. The summed E-state index contributed by atoms with van der Waals surface area (Å²) in [6, 6.07) is 19.6. The molecule has 3 aromatic rings. The van der Waals surface area contributed by atoms with E-state index in [2.05, 4.69) is 15.5 Å². The van der Waals surface area contributed by atoms with Crippen molar-refractivity contribution in [3.63, 3.8) is 0 Å². The lowest BCUT2D eigenvalue weighted by Crippen LogP contribution is -1.93. The van der Waals surface area contributed by atoms with Gasteiger partial charge in [-0.3, -0.25) is 5.43 Å². The van der Waals surface area contributed by atoms with E-state index in [1.807, 2.05) is 60.7 Å². The molecule has 0 atom stereocenters. The summed E-state index contributed by atoms with van der Waals surface area (Å²) in [6.45, 7) is 0. The Morgan fingerprint density at radius 2 is 1.81 bits per heavy atom. The molecule has 104 valence electrons. The van der Waals surface area contributed by atoms with Crippen molar-refractivity contribution in [3.05, 3.63) is 66.2 Å². The van der Waals surface area contributed by atoms with E-state index in [0.29, 0.717) is 0 Å². The molecular formula is C17H15N3O. The van der Waals surface area contributed by atoms with Crippen LogP contribution in [-0.2, 0) is 0 Å². The van der Waals surface area contributed by atoms with E-state index in [4.69, 9.17) is 4.74 Å². The zero-order valence-electron chi connectivity index (χ0n) is 11.7. The number of pyridine rings is 1. The minimum Gasteiger partial charge on any atom is -0.497 e. The van der Waals surface area contributed by atoms with Crippen molar-refractivity contribution in [2.45, 2.75) is 0 Å². The van der Waals surface area contributed by atoms with Crippen LogP contribution in [0.5, 0.6) is 5.75 Å². The fourth-order valence-electron chi connectivity index (χ4n) is 1.99. The number of aromatic nitrogens is 1. The predicted octanol–water partition coefficient (Wildman–Crippen LogP) is 3.69. The van der Waals surface area contributed by atoms with E-state index in [1.54, 1.807) is 13.3 Å². The van der Waals surface area contributed by atoms with Crippen LogP contribution >= 0.6 is 0 Å². The van der Waals surface area contributed by atoms with E-state index in [0.717, 1.165) is 28.0 Å². The Morgan fingerprint density at radius 3 is 2.62 bits per heavy atom. The van der Waals surface area contributed by atoms with Crippen LogP contribution in [0.15, 0.2) is 65.8 Å². The van der Waals surface area contributed by atoms with Crippen LogP contribution in [0, 0.1) is 0 Å². The summed E-state index contributed by atoms with van der Waals surface area (Å²) in [7, 11) is 1.65. The quantitative estimate of drug-likeness (QED) is 0.584. The van der Waals surface area contributed by atoms with Gasteiger partial charge in [0, 0.05) is 5.39 Å². The molecule has 3 rings (SSSR count). The third-order valence-electron chi connectivity index (χ3n) is 3.11. The fraction of sp³-hybridized carbons (Fsp3) is 0.0588. The highest BCUT2D eigenvalue weighted by Gasteiger charge is 1.96. The summed E-state index contributed by atoms with van der Waals surface area (Å²) >= 11 is 0. The maximum absolute atomic E-state index is 5.11. The van der Waals surface area contributed by atoms with Crippen molar-refractivity contribution in [2.75, 3.05) is 12.5 Å². The predicted molar refractivity (Wildman–Crippen MR) is 86.0 cm³/mol. The van der Waals surface area contributed by atoms with Gasteiger partial charge in [-0.1, -0.05) is 18.2 Å². The summed E-state index contributed by atoms with van der Waals surface area (Å²) < 4.78 is 5.11. The van der Waals surface area contributed by atoms with Gasteiger partial charge in [0.15, 0.2) is 0 Å². The fourth-order valence-corrected chi connectivity index (χ4v) is 1.99. The molecule has 0 spiro atoms. The standard InChI is InChI=1S/C17H15N3O/c1-21-15-9-6-13(7-10-15)12-18-20-17-11-8-14-4-2-3-5-16(14)19-17/h2-12H,1H3,(H,19,20). The molecule has 0 unspecified atom stereocenters. The second kappa shape index (κ2) is 6.05. The van der Waals surface area contributed by atoms with E-state index in [9.17, 15) is 0 Å². The summed E-state index contributed by atoms with van der Waals surface area (Å²) in [5.41, 5.74) is 4.88. The summed E-state index contributed by atoms with van der Waals surface area (Å²) in [6.07, 6.45) is 1.75. The van der Waals surface area contributed by atoms with Gasteiger partial charge in [-0.25, -0.2) is 4.98 Å². The van der Waals surface area contributed by atoms with Gasteiger partial charge >= 0.3 is 0 Å². The van der Waals surface area contributed by atoms with Crippen LogP contribution in [0.2, 0.25) is 0 Å². The first-order chi connectivity index (χ1) is 10.3. The SMILES string of the molecule is COc1ccc(C=NNc2ccc3ccccc3n2)cc1. The van der Waals surface area contributed by atoms with Gasteiger partial charge in [0.05, 0.1) is 18.8 Å². The number of nitrogens with zero attached hydrogens (tertiary/aromatic N) is 2. The molecule has 21 heavy (non-hydrogen) atoms. The third-order valence-corrected chi connectivity index (χ3v) is 3.11. The zero-order valence-corrected chi connectivity index (χ0v) is 11.7. The minimum absolute atomic E-state index is 0.721. The topological polar surface area (TPSA) is 46.5 Å². The molecule has 1 N–H and O–H groups in total. The van der Waals surface area contributed by atoms with Crippen molar-refractivity contribution in [2.24, 2.45) is 5.10 Å². The molecule has 0 fully saturated rings. The van der Waals surface area contributed by atoms with Gasteiger partial charge in [-0.05, 0) is 48.0 Å². The number of nitrogens with one attached hydrogen (secondary N) is 1. The monoisotopic (exact) mass is 277 g/mol. The first-order valence-corrected chi connectivity index (χ1v) is 6.64. The van der Waals surface area contributed by atoms with Gasteiger partial charge in [0.1, 0.15) is 11.6 Å². The Hall–Kier alpha value is -2.88. The Balaban J connectivity index is 1.71. The van der Waals surface area contributed by atoms with Crippen molar-refractivity contribution in [3.8, 4) is 5.75 Å². The molecule has 0 aliphatic heterocycles. The highest BCUT2D eigenvalue weighted by Crippen LogP contribution is 2.14. The Bertz CT molecular complexity index is 766. The molecule has 4 nitrogen and oxygen atoms in total. The normalized spacial score (nSPS) is 10.9. The number of para-hydroxylation sites is 1. The van der Waals surface area contributed by atoms with E-state index < -0.39 is 0 Å². The summed E-state index contributed by atoms with van der Waals surface area (Å²) in [5, 5.41) is 5.31. The number of rotatable bonds is 4. The lowest BCUT2D eigenvalue weighted by Gasteiger charge is -2.02. The Kier molecular flexibility index (Phi) is 3.78. The number of hydrogen-bond acceptors (Lipinski definition) is 4. The molecule has 0 amide bonds. The second-order valence-electron chi connectivity index (χ2n) is 4.53. The lowest BCUT2D eigenvalue weighted by molar-refractivity contribution is 0.415. The average Bonchev–Trinajstić information content (AvgIpc) is 2.55. The summed E-state index contributed by atoms with van der Waals surface area (Å²) in [5.74, 6) is 1.55. The van der Waals surface area contributed by atoms with Crippen LogP contribution in [0.25, 0.3) is 10.9 Å². The molecule has 0 saturated carbocycles. The number of benzene rings is 2. The zero-order chi connectivity index (χ0) is 14.5. The van der Waals surface area contributed by atoms with Crippen LogP contribution < -0.4 is 10.2 Å². The molecule has 1 heterocycles. The van der Waals surface area contributed by atoms with Gasteiger partial charge in [-0.2, -0.15) is 5.10 Å². The molecule has 0 saturated heterocycles. The van der Waals surface area contributed by atoms with Gasteiger partial charge in [-0.15, -0.1) is 0 Å². The first kappa shape index (κ1) is 13.1. The van der Waals surface area contributed by atoms with E-state index in [-0.39, 0.29) is 0 Å². The van der Waals surface area contributed by atoms with E-state index in [1.165, 1.54) is 0 Å². The van der Waals surface area contributed by atoms with Crippen molar-refractivity contribution in [1.29, 1.82) is 0 Å². The number of anilines is 1. The molecule has 0 bridgehead atoms. The maximum atomic E-state index is 5.11. The molecule has 2 aromatic carbocycles. The van der Waals surface area contributed by atoms with Crippen LogP contribution in [0.1, 0.15) is 5.56 Å². The Labute approximate surface area is 123 Å². The first-order valence-electron chi connectivity index (χ1n) is 6.64. The molecular weight excluding hydrogens is 262 g/mol. The largest absolute Gasteiger partial charge is 0.497 e. The van der Waals surface area contributed by atoms with Gasteiger partial charge in [0.2, 0.25) is 0 Å². The number of ether oxygens (including phenoxy) is 1. The van der Waals surface area contributed by atoms with Crippen molar-refractivity contribution < 1.29 is 4.74 Å². The number of hydrazone groups is 1. The molecule has 0 aliphatic rings. The van der Waals surface area contributed by atoms with Crippen molar-refractivity contribution >= 4 is 22.9 Å². The lowest BCUT2D eigenvalue weighted by atomic mass is 10.2. The highest BCUT2D eigenvalue weighted by atomic mass is 16.5. The van der Waals surface area contributed by atoms with Crippen LogP contribution in [-0.4, -0.2) is 18.3 Å². The van der Waals surface area contributed by atoms with E-state index >= 15 is 0 Å². The third kappa shape index (κ3) is 3.17. The molecule has 0 radical (unpaired) electrons. The van der Waals surface area contributed by atoms with Gasteiger partial charge < -0.3 is 4.74 Å².